The summed E-state index contributed by atoms with van der Waals surface area (Å²) in [4.78, 5) is 1.70. The third-order valence-electron chi connectivity index (χ3n) is 2.03. The Morgan fingerprint density at radius 1 is 1.27 bits per heavy atom. The Morgan fingerprint density at radius 3 is 2.73 bits per heavy atom. The van der Waals surface area contributed by atoms with Gasteiger partial charge in [0.25, 0.3) is 0 Å². The molecule has 1 aromatic carbocycles. The van der Waals surface area contributed by atoms with Crippen molar-refractivity contribution in [2.75, 3.05) is 0 Å². The van der Waals surface area contributed by atoms with Gasteiger partial charge in [-0.3, -0.25) is 0 Å². The molecule has 0 aliphatic carbocycles. The summed E-state index contributed by atoms with van der Waals surface area (Å²) in [5, 5.41) is 9.43. The zero-order chi connectivity index (χ0) is 10.5. The van der Waals surface area contributed by atoms with E-state index in [1.54, 1.807) is 16.6 Å². The quantitative estimate of drug-likeness (QED) is 0.740. The Balaban J connectivity index is 1.93. The molecule has 4 heteroatoms. The first kappa shape index (κ1) is 10.2. The van der Waals surface area contributed by atoms with Gasteiger partial charge in [0.2, 0.25) is 0 Å². The number of thioether (sulfide) groups is 1. The minimum Gasteiger partial charge on any atom is -0.184 e. The van der Waals surface area contributed by atoms with Gasteiger partial charge in [-0.05, 0) is 12.5 Å². The van der Waals surface area contributed by atoms with E-state index in [0.717, 1.165) is 17.3 Å². The highest BCUT2D eigenvalue weighted by atomic mass is 32.2. The number of aryl methyl sites for hydroxylation is 1. The Hall–Kier alpha value is -1.29. The third-order valence-corrected chi connectivity index (χ3v) is 2.99. The second kappa shape index (κ2) is 4.98. The summed E-state index contributed by atoms with van der Waals surface area (Å²) >= 11 is 1.72. The van der Waals surface area contributed by atoms with Crippen molar-refractivity contribution in [3.8, 4) is 0 Å². The first-order valence-corrected chi connectivity index (χ1v) is 5.94. The minimum absolute atomic E-state index is 0.825. The largest absolute Gasteiger partial charge is 0.184 e. The van der Waals surface area contributed by atoms with Crippen LogP contribution in [0.3, 0.4) is 0 Å². The molecule has 15 heavy (non-hydrogen) atoms. The lowest BCUT2D eigenvalue weighted by Crippen LogP contribution is -1.97. The highest BCUT2D eigenvalue weighted by Gasteiger charge is 2.00. The molecule has 0 saturated heterocycles. The van der Waals surface area contributed by atoms with Gasteiger partial charge in [-0.2, -0.15) is 9.90 Å². The van der Waals surface area contributed by atoms with Crippen LogP contribution in [0.1, 0.15) is 12.5 Å². The highest BCUT2D eigenvalue weighted by molar-refractivity contribution is 7.98. The maximum Gasteiger partial charge on any atom is 0.139 e. The van der Waals surface area contributed by atoms with Crippen molar-refractivity contribution in [3.05, 3.63) is 42.1 Å². The van der Waals surface area contributed by atoms with Crippen LogP contribution in [0, 0.1) is 0 Å². The van der Waals surface area contributed by atoms with Crippen molar-refractivity contribution < 1.29 is 0 Å². The van der Waals surface area contributed by atoms with Crippen LogP contribution in [0.15, 0.2) is 41.6 Å². The van der Waals surface area contributed by atoms with Crippen LogP contribution in [-0.2, 0) is 12.3 Å². The maximum atomic E-state index is 4.31. The molecule has 2 rings (SSSR count). The second-order valence-electron chi connectivity index (χ2n) is 3.15. The average Bonchev–Trinajstić information content (AvgIpc) is 2.76. The van der Waals surface area contributed by atoms with Gasteiger partial charge >= 0.3 is 0 Å². The lowest BCUT2D eigenvalue weighted by atomic mass is 10.2. The van der Waals surface area contributed by atoms with Gasteiger partial charge in [-0.25, -0.2) is 0 Å². The van der Waals surface area contributed by atoms with E-state index < -0.39 is 0 Å². The lowest BCUT2D eigenvalue weighted by molar-refractivity contribution is 0.560. The van der Waals surface area contributed by atoms with Gasteiger partial charge in [0.15, 0.2) is 0 Å². The molecule has 1 aromatic heterocycles. The lowest BCUT2D eigenvalue weighted by Gasteiger charge is -1.97. The molecule has 0 saturated carbocycles. The van der Waals surface area contributed by atoms with Crippen LogP contribution in [0.2, 0.25) is 0 Å². The van der Waals surface area contributed by atoms with E-state index >= 15 is 0 Å². The first-order valence-electron chi connectivity index (χ1n) is 4.95. The van der Waals surface area contributed by atoms with Crippen molar-refractivity contribution in [1.29, 1.82) is 0 Å². The molecule has 0 atom stereocenters. The molecule has 0 amide bonds. The van der Waals surface area contributed by atoms with Gasteiger partial charge < -0.3 is 0 Å². The van der Waals surface area contributed by atoms with Crippen LogP contribution in [0.5, 0.6) is 0 Å². The van der Waals surface area contributed by atoms with Gasteiger partial charge in [-0.15, -0.1) is 5.10 Å². The van der Waals surface area contributed by atoms with Crippen molar-refractivity contribution in [3.63, 3.8) is 0 Å². The number of benzene rings is 1. The predicted molar refractivity (Wildman–Crippen MR) is 61.7 cm³/mol. The summed E-state index contributed by atoms with van der Waals surface area (Å²) in [6.07, 6.45) is 1.82. The fourth-order valence-corrected chi connectivity index (χ4v) is 2.01. The van der Waals surface area contributed by atoms with E-state index in [-0.39, 0.29) is 0 Å². The minimum atomic E-state index is 0.825. The van der Waals surface area contributed by atoms with Crippen molar-refractivity contribution in [2.24, 2.45) is 0 Å². The number of aromatic nitrogens is 3. The number of hydrogen-bond donors (Lipinski definition) is 0. The SMILES string of the molecule is CCn1ncc(SCc2ccccc2)n1. The molecule has 2 aromatic rings. The molecule has 0 radical (unpaired) electrons. The van der Waals surface area contributed by atoms with Crippen molar-refractivity contribution >= 4 is 11.8 Å². The van der Waals surface area contributed by atoms with E-state index in [1.165, 1.54) is 5.56 Å². The van der Waals surface area contributed by atoms with Crippen LogP contribution >= 0.6 is 11.8 Å². The van der Waals surface area contributed by atoms with Gasteiger partial charge in [0.1, 0.15) is 5.03 Å². The van der Waals surface area contributed by atoms with Crippen molar-refractivity contribution in [1.82, 2.24) is 15.0 Å². The summed E-state index contributed by atoms with van der Waals surface area (Å²) in [6, 6.07) is 10.4. The van der Waals surface area contributed by atoms with E-state index in [9.17, 15) is 0 Å². The molecule has 0 aliphatic rings. The number of hydrogen-bond acceptors (Lipinski definition) is 3. The average molecular weight is 219 g/mol. The van der Waals surface area contributed by atoms with Crippen LogP contribution in [0.4, 0.5) is 0 Å². The van der Waals surface area contributed by atoms with Crippen molar-refractivity contribution in [2.45, 2.75) is 24.2 Å². The molecule has 0 bridgehead atoms. The molecule has 0 spiro atoms. The number of nitrogens with zero attached hydrogens (tertiary/aromatic N) is 3. The Labute approximate surface area is 93.5 Å². The van der Waals surface area contributed by atoms with E-state index in [4.69, 9.17) is 0 Å². The molecule has 3 nitrogen and oxygen atoms in total. The molecule has 0 unspecified atom stereocenters. The molecule has 0 aliphatic heterocycles. The highest BCUT2D eigenvalue weighted by Crippen LogP contribution is 2.19. The topological polar surface area (TPSA) is 30.7 Å². The zero-order valence-corrected chi connectivity index (χ0v) is 9.44. The normalized spacial score (nSPS) is 10.5. The summed E-state index contributed by atoms with van der Waals surface area (Å²) in [5.74, 6) is 0.948. The monoisotopic (exact) mass is 219 g/mol. The maximum absolute atomic E-state index is 4.31. The zero-order valence-electron chi connectivity index (χ0n) is 8.63. The molecule has 1 heterocycles. The summed E-state index contributed by atoms with van der Waals surface area (Å²) in [6.45, 7) is 2.86. The summed E-state index contributed by atoms with van der Waals surface area (Å²) < 4.78 is 0. The smallest absolute Gasteiger partial charge is 0.139 e. The Bertz CT molecular complexity index is 411. The molecular formula is C11H13N3S. The van der Waals surface area contributed by atoms with Gasteiger partial charge in [0, 0.05) is 5.75 Å². The van der Waals surface area contributed by atoms with Crippen LogP contribution in [0.25, 0.3) is 0 Å². The second-order valence-corrected chi connectivity index (χ2v) is 4.14. The molecule has 0 N–H and O–H groups in total. The molecular weight excluding hydrogens is 206 g/mol. The predicted octanol–water partition coefficient (Wildman–Crippen LogP) is 2.59. The summed E-state index contributed by atoms with van der Waals surface area (Å²) in [7, 11) is 0. The van der Waals surface area contributed by atoms with E-state index in [0.29, 0.717) is 0 Å². The van der Waals surface area contributed by atoms with Crippen LogP contribution < -0.4 is 0 Å². The first-order chi connectivity index (χ1) is 7.38. The fraction of sp³-hybridized carbons (Fsp3) is 0.273. The molecule has 78 valence electrons. The van der Waals surface area contributed by atoms with Crippen LogP contribution in [-0.4, -0.2) is 15.0 Å². The summed E-state index contributed by atoms with van der Waals surface area (Å²) in [5.41, 5.74) is 1.31. The van der Waals surface area contributed by atoms with Gasteiger partial charge in [-0.1, -0.05) is 42.1 Å². The number of rotatable bonds is 4. The Kier molecular flexibility index (Phi) is 3.40. The van der Waals surface area contributed by atoms with E-state index in [1.807, 2.05) is 19.2 Å². The third kappa shape index (κ3) is 2.83. The molecule has 0 fully saturated rings. The standard InChI is InChI=1S/C11H13N3S/c1-2-14-12-8-11(13-14)15-9-10-6-4-3-5-7-10/h3-8H,2,9H2,1H3. The fourth-order valence-electron chi connectivity index (χ4n) is 1.23. The van der Waals surface area contributed by atoms with E-state index in [2.05, 4.69) is 34.5 Å². The Morgan fingerprint density at radius 2 is 2.07 bits per heavy atom. The van der Waals surface area contributed by atoms with Gasteiger partial charge in [0.05, 0.1) is 12.7 Å².